The summed E-state index contributed by atoms with van der Waals surface area (Å²) in [6, 6.07) is 49.7. The molecule has 0 fully saturated rings. The minimum Gasteiger partial charge on any atom is -0.456 e. The van der Waals surface area contributed by atoms with Crippen LogP contribution in [0.25, 0.3) is 112 Å². The maximum Gasteiger partial charge on any atom is 0.235 e. The van der Waals surface area contributed by atoms with Gasteiger partial charge in [-0.2, -0.15) is 0 Å². The van der Waals surface area contributed by atoms with Gasteiger partial charge in [0.15, 0.2) is 0 Å². The molecule has 0 spiro atoms. The van der Waals surface area contributed by atoms with Crippen molar-refractivity contribution in [2.75, 3.05) is 0 Å². The number of hydrogen-bond acceptors (Lipinski definition) is 5. The Morgan fingerprint density at radius 1 is 0.480 bits per heavy atom. The number of para-hydroxylation sites is 2. The molecule has 0 aliphatic heterocycles. The molecule has 5 aromatic heterocycles. The lowest BCUT2D eigenvalue weighted by molar-refractivity contribution is 0.669. The molecule has 0 radical (unpaired) electrons. The molecule has 0 amide bonds. The molecule has 0 atom stereocenters. The van der Waals surface area contributed by atoms with Gasteiger partial charge in [0.2, 0.25) is 5.95 Å². The van der Waals surface area contributed by atoms with Crippen molar-refractivity contribution in [3.8, 4) is 17.2 Å². The Morgan fingerprint density at radius 2 is 1.12 bits per heavy atom. The molecule has 0 N–H and O–H groups in total. The Kier molecular flexibility index (Phi) is 5.23. The van der Waals surface area contributed by atoms with E-state index in [1.807, 2.05) is 23.5 Å². The quantitative estimate of drug-likeness (QED) is 0.183. The molecule has 50 heavy (non-hydrogen) atoms. The molecule has 0 unspecified atom stereocenters. The Balaban J connectivity index is 1.28. The number of furan rings is 1. The zero-order valence-corrected chi connectivity index (χ0v) is 28.0. The van der Waals surface area contributed by atoms with Crippen LogP contribution in [-0.2, 0) is 0 Å². The topological polar surface area (TPSA) is 43.9 Å². The Morgan fingerprint density at radius 3 is 1.98 bits per heavy atom. The van der Waals surface area contributed by atoms with Gasteiger partial charge in [0.05, 0.1) is 26.9 Å². The summed E-state index contributed by atoms with van der Waals surface area (Å²) in [6.45, 7) is 0. The molecular weight excluding hydrogens is 651 g/mol. The molecule has 0 aliphatic rings. The Bertz CT molecular complexity index is 3400. The Labute approximate surface area is 292 Å². The third-order valence-electron chi connectivity index (χ3n) is 10.2. The zero-order valence-electron chi connectivity index (χ0n) is 26.3. The zero-order chi connectivity index (χ0) is 32.5. The van der Waals surface area contributed by atoms with Crippen LogP contribution in [0, 0.1) is 0 Å². The molecule has 4 nitrogen and oxygen atoms in total. The maximum absolute atomic E-state index is 6.23. The lowest BCUT2D eigenvalue weighted by atomic mass is 10.00. The first kappa shape index (κ1) is 26.8. The number of aromatic nitrogens is 3. The van der Waals surface area contributed by atoms with Crippen molar-refractivity contribution in [2.24, 2.45) is 0 Å². The van der Waals surface area contributed by atoms with E-state index in [9.17, 15) is 0 Å². The van der Waals surface area contributed by atoms with Crippen LogP contribution in [0.2, 0.25) is 0 Å². The van der Waals surface area contributed by atoms with Gasteiger partial charge >= 0.3 is 0 Å². The van der Waals surface area contributed by atoms with Crippen LogP contribution < -0.4 is 0 Å². The number of benzene rings is 7. The Hall–Kier alpha value is -6.08. The van der Waals surface area contributed by atoms with Gasteiger partial charge in [0, 0.05) is 62.8 Å². The highest BCUT2D eigenvalue weighted by molar-refractivity contribution is 7.27. The average molecular weight is 674 g/mol. The first-order valence-electron chi connectivity index (χ1n) is 16.7. The number of rotatable bonds is 2. The molecule has 232 valence electrons. The van der Waals surface area contributed by atoms with Crippen molar-refractivity contribution in [2.45, 2.75) is 0 Å². The van der Waals surface area contributed by atoms with Gasteiger partial charge in [-0.05, 0) is 47.9 Å². The largest absolute Gasteiger partial charge is 0.456 e. The second kappa shape index (κ2) is 9.76. The van der Waals surface area contributed by atoms with Gasteiger partial charge in [-0.3, -0.25) is 4.57 Å². The van der Waals surface area contributed by atoms with Gasteiger partial charge in [0.25, 0.3) is 0 Å². The van der Waals surface area contributed by atoms with Crippen molar-refractivity contribution in [3.63, 3.8) is 0 Å². The summed E-state index contributed by atoms with van der Waals surface area (Å²) in [7, 11) is 0. The molecule has 12 rings (SSSR count). The van der Waals surface area contributed by atoms with E-state index in [0.29, 0.717) is 5.95 Å². The van der Waals surface area contributed by atoms with E-state index in [1.54, 1.807) is 11.3 Å². The fourth-order valence-electron chi connectivity index (χ4n) is 8.07. The number of thiophene rings is 2. The molecule has 0 saturated heterocycles. The van der Waals surface area contributed by atoms with E-state index in [1.165, 1.54) is 46.4 Å². The van der Waals surface area contributed by atoms with E-state index in [4.69, 9.17) is 14.4 Å². The molecule has 0 bridgehead atoms. The first-order valence-corrected chi connectivity index (χ1v) is 18.3. The highest BCUT2D eigenvalue weighted by atomic mass is 32.1. The molecule has 0 aliphatic carbocycles. The van der Waals surface area contributed by atoms with Crippen LogP contribution in [0.4, 0.5) is 0 Å². The van der Waals surface area contributed by atoms with Crippen LogP contribution in [0.15, 0.2) is 144 Å². The van der Waals surface area contributed by atoms with Crippen molar-refractivity contribution >= 4 is 118 Å². The second-order valence-corrected chi connectivity index (χ2v) is 15.0. The highest BCUT2D eigenvalue weighted by Gasteiger charge is 2.25. The molecule has 7 aromatic carbocycles. The summed E-state index contributed by atoms with van der Waals surface area (Å²) in [4.78, 5) is 11.1. The standard InChI is InChI=1S/C44H23N3OS2/c1-2-13-27-26(12-1)37-28-14-3-7-17-32(28)47(41(37)38-29-15-5-9-19-35(29)49-42(27)38)44-45-39(43-40(46-44)30-16-6-10-20-36(30)50-43)24-21-22-34-31(23-24)25-11-4-8-18-33(25)48-34/h1-23H. The molecule has 0 saturated carbocycles. The van der Waals surface area contributed by atoms with Crippen LogP contribution in [0.1, 0.15) is 0 Å². The summed E-state index contributed by atoms with van der Waals surface area (Å²) in [5, 5.41) is 10.8. The summed E-state index contributed by atoms with van der Waals surface area (Å²) in [5.74, 6) is 0.672. The summed E-state index contributed by atoms with van der Waals surface area (Å²) in [6.07, 6.45) is 0. The van der Waals surface area contributed by atoms with E-state index in [0.717, 1.165) is 59.8 Å². The SMILES string of the molecule is c1ccc2c(c1)oc1ccc(-c3nc(-n4c5ccccc5c5c6ccccc6c6sc7ccccc7c6c54)nc4c3sc3ccccc34)cc12. The number of nitrogens with zero attached hydrogens (tertiary/aromatic N) is 3. The maximum atomic E-state index is 6.23. The van der Waals surface area contributed by atoms with E-state index < -0.39 is 0 Å². The second-order valence-electron chi connectivity index (χ2n) is 12.9. The summed E-state index contributed by atoms with van der Waals surface area (Å²) in [5.41, 5.74) is 6.95. The molecular formula is C44H23N3OS2. The summed E-state index contributed by atoms with van der Waals surface area (Å²) < 4.78 is 13.4. The third-order valence-corrected chi connectivity index (χ3v) is 12.6. The van der Waals surface area contributed by atoms with E-state index >= 15 is 0 Å². The van der Waals surface area contributed by atoms with Crippen LogP contribution >= 0.6 is 22.7 Å². The lowest BCUT2D eigenvalue weighted by Crippen LogP contribution is -2.03. The third kappa shape index (κ3) is 3.49. The van der Waals surface area contributed by atoms with E-state index in [-0.39, 0.29) is 0 Å². The molecule has 12 aromatic rings. The fourth-order valence-corrected chi connectivity index (χ4v) is 10.5. The molecule has 5 heterocycles. The smallest absolute Gasteiger partial charge is 0.235 e. The van der Waals surface area contributed by atoms with Gasteiger partial charge in [-0.25, -0.2) is 9.97 Å². The van der Waals surface area contributed by atoms with Gasteiger partial charge < -0.3 is 4.42 Å². The predicted molar refractivity (Wildman–Crippen MR) is 212 cm³/mol. The van der Waals surface area contributed by atoms with E-state index in [2.05, 4.69) is 132 Å². The van der Waals surface area contributed by atoms with Gasteiger partial charge in [-0.1, -0.05) is 97.1 Å². The van der Waals surface area contributed by atoms with Gasteiger partial charge in [-0.15, -0.1) is 22.7 Å². The monoisotopic (exact) mass is 673 g/mol. The van der Waals surface area contributed by atoms with Crippen molar-refractivity contribution < 1.29 is 4.42 Å². The fraction of sp³-hybridized carbons (Fsp3) is 0. The normalized spacial score (nSPS) is 12.4. The lowest BCUT2D eigenvalue weighted by Gasteiger charge is -2.12. The highest BCUT2D eigenvalue weighted by Crippen LogP contribution is 2.48. The van der Waals surface area contributed by atoms with Gasteiger partial charge in [0.1, 0.15) is 11.2 Å². The minimum absolute atomic E-state index is 0.672. The van der Waals surface area contributed by atoms with Crippen LogP contribution in [0.5, 0.6) is 0 Å². The number of hydrogen-bond donors (Lipinski definition) is 0. The van der Waals surface area contributed by atoms with Crippen LogP contribution in [-0.4, -0.2) is 14.5 Å². The summed E-state index contributed by atoms with van der Waals surface area (Å²) >= 11 is 3.63. The average Bonchev–Trinajstić information content (AvgIpc) is 3.93. The first-order chi connectivity index (χ1) is 24.8. The van der Waals surface area contributed by atoms with Crippen molar-refractivity contribution in [1.29, 1.82) is 0 Å². The number of fused-ring (bicyclic) bond motifs is 16. The molecule has 6 heteroatoms. The van der Waals surface area contributed by atoms with Crippen molar-refractivity contribution in [3.05, 3.63) is 140 Å². The minimum atomic E-state index is 0.672. The van der Waals surface area contributed by atoms with Crippen molar-refractivity contribution in [1.82, 2.24) is 14.5 Å². The predicted octanol–water partition coefficient (Wildman–Crippen LogP) is 13.0. The van der Waals surface area contributed by atoms with Crippen LogP contribution in [0.3, 0.4) is 0 Å².